The van der Waals surface area contributed by atoms with E-state index in [0.717, 1.165) is 31.2 Å². The lowest BCUT2D eigenvalue weighted by Crippen LogP contribution is -2.36. The second kappa shape index (κ2) is 11.1. The summed E-state index contributed by atoms with van der Waals surface area (Å²) in [6, 6.07) is 8.60. The van der Waals surface area contributed by atoms with Gasteiger partial charge in [0.1, 0.15) is 0 Å². The van der Waals surface area contributed by atoms with E-state index in [9.17, 15) is 0 Å². The van der Waals surface area contributed by atoms with Crippen molar-refractivity contribution < 1.29 is 0 Å². The van der Waals surface area contributed by atoms with Crippen molar-refractivity contribution in [3.05, 3.63) is 34.9 Å². The first-order valence-electron chi connectivity index (χ1n) is 8.43. The Hall–Kier alpha value is -0.570. The molecule has 120 valence electrons. The standard InChI is InChI=1S/C18H31ClN2/c1-4-7-8-11-14-20-15-18(21(5-2)6-3)16-12-9-10-13-17(16)19/h9-10,12-13,18,20H,4-8,11,14-15H2,1-3H3. The molecule has 1 rings (SSSR count). The maximum atomic E-state index is 6.40. The zero-order valence-corrected chi connectivity index (χ0v) is 14.6. The van der Waals surface area contributed by atoms with Crippen molar-refractivity contribution in [1.82, 2.24) is 10.2 Å². The lowest BCUT2D eigenvalue weighted by Gasteiger charge is -2.31. The van der Waals surface area contributed by atoms with E-state index in [2.05, 4.69) is 43.1 Å². The van der Waals surface area contributed by atoms with E-state index in [1.807, 2.05) is 12.1 Å². The molecule has 1 atom stereocenters. The molecule has 0 radical (unpaired) electrons. The molecular formula is C18H31ClN2. The van der Waals surface area contributed by atoms with Crippen LogP contribution in [0.5, 0.6) is 0 Å². The molecule has 0 bridgehead atoms. The Morgan fingerprint density at radius 1 is 1.05 bits per heavy atom. The van der Waals surface area contributed by atoms with Crippen molar-refractivity contribution in [2.75, 3.05) is 26.2 Å². The van der Waals surface area contributed by atoms with Gasteiger partial charge in [-0.05, 0) is 37.7 Å². The zero-order chi connectivity index (χ0) is 15.5. The predicted octanol–water partition coefficient (Wildman–Crippen LogP) is 4.89. The number of nitrogens with zero attached hydrogens (tertiary/aromatic N) is 1. The molecule has 2 nitrogen and oxygen atoms in total. The van der Waals surface area contributed by atoms with Crippen LogP contribution in [0, 0.1) is 0 Å². The highest BCUT2D eigenvalue weighted by molar-refractivity contribution is 6.31. The van der Waals surface area contributed by atoms with E-state index in [4.69, 9.17) is 11.6 Å². The SMILES string of the molecule is CCCCCCNCC(c1ccccc1Cl)N(CC)CC. The summed E-state index contributed by atoms with van der Waals surface area (Å²) >= 11 is 6.40. The van der Waals surface area contributed by atoms with Gasteiger partial charge in [-0.25, -0.2) is 0 Å². The summed E-state index contributed by atoms with van der Waals surface area (Å²) < 4.78 is 0. The average Bonchev–Trinajstić information content (AvgIpc) is 2.50. The van der Waals surface area contributed by atoms with Crippen LogP contribution in [0.15, 0.2) is 24.3 Å². The molecule has 0 aliphatic heterocycles. The fraction of sp³-hybridized carbons (Fsp3) is 0.667. The van der Waals surface area contributed by atoms with Gasteiger partial charge in [-0.15, -0.1) is 0 Å². The van der Waals surface area contributed by atoms with Crippen LogP contribution in [0.4, 0.5) is 0 Å². The van der Waals surface area contributed by atoms with E-state index >= 15 is 0 Å². The van der Waals surface area contributed by atoms with E-state index in [0.29, 0.717) is 6.04 Å². The summed E-state index contributed by atoms with van der Waals surface area (Å²) in [5.74, 6) is 0. The Balaban J connectivity index is 2.60. The number of rotatable bonds is 11. The van der Waals surface area contributed by atoms with Gasteiger partial charge in [0.05, 0.1) is 0 Å². The second-order valence-corrected chi connectivity index (χ2v) is 5.93. The number of likely N-dealkylation sites (N-methyl/N-ethyl adjacent to an activating group) is 1. The number of unbranched alkanes of at least 4 members (excludes halogenated alkanes) is 3. The highest BCUT2D eigenvalue weighted by Gasteiger charge is 2.19. The molecule has 0 spiro atoms. The van der Waals surface area contributed by atoms with Crippen molar-refractivity contribution in [2.45, 2.75) is 52.5 Å². The molecule has 0 heterocycles. The minimum atomic E-state index is 0.361. The first-order chi connectivity index (χ1) is 10.2. The molecule has 0 fully saturated rings. The second-order valence-electron chi connectivity index (χ2n) is 5.52. The Labute approximate surface area is 135 Å². The van der Waals surface area contributed by atoms with Crippen molar-refractivity contribution in [1.29, 1.82) is 0 Å². The van der Waals surface area contributed by atoms with Crippen molar-refractivity contribution in [3.63, 3.8) is 0 Å². The number of hydrogen-bond acceptors (Lipinski definition) is 2. The predicted molar refractivity (Wildman–Crippen MR) is 94.1 cm³/mol. The number of hydrogen-bond donors (Lipinski definition) is 1. The smallest absolute Gasteiger partial charge is 0.0487 e. The third-order valence-corrected chi connectivity index (χ3v) is 4.41. The summed E-state index contributed by atoms with van der Waals surface area (Å²) in [7, 11) is 0. The van der Waals surface area contributed by atoms with Gasteiger partial charge in [0.2, 0.25) is 0 Å². The first-order valence-corrected chi connectivity index (χ1v) is 8.81. The minimum Gasteiger partial charge on any atom is -0.315 e. The van der Waals surface area contributed by atoms with Crippen molar-refractivity contribution in [2.24, 2.45) is 0 Å². The Morgan fingerprint density at radius 2 is 1.76 bits per heavy atom. The summed E-state index contributed by atoms with van der Waals surface area (Å²) in [6.07, 6.45) is 5.22. The highest BCUT2D eigenvalue weighted by atomic mass is 35.5. The Morgan fingerprint density at radius 3 is 2.38 bits per heavy atom. The molecule has 0 saturated carbocycles. The summed E-state index contributed by atoms with van der Waals surface area (Å²) in [5.41, 5.74) is 1.24. The molecule has 3 heteroatoms. The fourth-order valence-corrected chi connectivity index (χ4v) is 3.02. The van der Waals surface area contributed by atoms with E-state index < -0.39 is 0 Å². The summed E-state index contributed by atoms with van der Waals surface area (Å²) in [5, 5.41) is 4.50. The van der Waals surface area contributed by atoms with Crippen LogP contribution >= 0.6 is 11.6 Å². The average molecular weight is 311 g/mol. The van der Waals surface area contributed by atoms with Gasteiger partial charge < -0.3 is 5.32 Å². The largest absolute Gasteiger partial charge is 0.315 e. The summed E-state index contributed by atoms with van der Waals surface area (Å²) in [4.78, 5) is 2.47. The van der Waals surface area contributed by atoms with Gasteiger partial charge >= 0.3 is 0 Å². The van der Waals surface area contributed by atoms with Crippen LogP contribution in [0.2, 0.25) is 5.02 Å². The molecule has 1 N–H and O–H groups in total. The monoisotopic (exact) mass is 310 g/mol. The van der Waals surface area contributed by atoms with Gasteiger partial charge in [-0.1, -0.05) is 69.8 Å². The molecule has 21 heavy (non-hydrogen) atoms. The van der Waals surface area contributed by atoms with E-state index in [1.165, 1.54) is 31.2 Å². The molecule has 1 aromatic carbocycles. The van der Waals surface area contributed by atoms with Crippen LogP contribution in [0.3, 0.4) is 0 Å². The van der Waals surface area contributed by atoms with Gasteiger partial charge in [0, 0.05) is 17.6 Å². The van der Waals surface area contributed by atoms with Gasteiger partial charge in [-0.3, -0.25) is 4.90 Å². The number of halogens is 1. The highest BCUT2D eigenvalue weighted by Crippen LogP contribution is 2.26. The normalized spacial score (nSPS) is 12.8. The lowest BCUT2D eigenvalue weighted by molar-refractivity contribution is 0.213. The van der Waals surface area contributed by atoms with Crippen LogP contribution in [0.25, 0.3) is 0 Å². The Kier molecular flexibility index (Phi) is 9.73. The van der Waals surface area contributed by atoms with Crippen LogP contribution < -0.4 is 5.32 Å². The molecule has 0 saturated heterocycles. The number of benzene rings is 1. The fourth-order valence-electron chi connectivity index (χ4n) is 2.76. The minimum absolute atomic E-state index is 0.361. The lowest BCUT2D eigenvalue weighted by atomic mass is 10.0. The maximum Gasteiger partial charge on any atom is 0.0487 e. The first kappa shape index (κ1) is 18.5. The van der Waals surface area contributed by atoms with Gasteiger partial charge in [-0.2, -0.15) is 0 Å². The third-order valence-electron chi connectivity index (χ3n) is 4.06. The molecule has 0 amide bonds. The van der Waals surface area contributed by atoms with Gasteiger partial charge in [0.25, 0.3) is 0 Å². The quantitative estimate of drug-likeness (QED) is 0.585. The van der Waals surface area contributed by atoms with Crippen LogP contribution in [-0.2, 0) is 0 Å². The van der Waals surface area contributed by atoms with Crippen molar-refractivity contribution in [3.8, 4) is 0 Å². The molecule has 0 aromatic heterocycles. The molecule has 0 aliphatic rings. The number of nitrogens with one attached hydrogen (secondary N) is 1. The third kappa shape index (κ3) is 6.37. The van der Waals surface area contributed by atoms with E-state index in [-0.39, 0.29) is 0 Å². The molecule has 1 unspecified atom stereocenters. The van der Waals surface area contributed by atoms with E-state index in [1.54, 1.807) is 0 Å². The zero-order valence-electron chi connectivity index (χ0n) is 13.9. The summed E-state index contributed by atoms with van der Waals surface area (Å²) in [6.45, 7) is 10.8. The molecule has 0 aliphatic carbocycles. The van der Waals surface area contributed by atoms with Crippen molar-refractivity contribution >= 4 is 11.6 Å². The maximum absolute atomic E-state index is 6.40. The molecular weight excluding hydrogens is 280 g/mol. The Bertz CT molecular complexity index is 377. The molecule has 1 aromatic rings. The van der Waals surface area contributed by atoms with Crippen LogP contribution in [-0.4, -0.2) is 31.1 Å². The topological polar surface area (TPSA) is 15.3 Å². The van der Waals surface area contributed by atoms with Crippen LogP contribution in [0.1, 0.15) is 58.1 Å². The van der Waals surface area contributed by atoms with Gasteiger partial charge in [0.15, 0.2) is 0 Å².